The SMILES string of the molecule is CC(CC(N)=O)NC(=O)C1CC(N)CCC1C. The Morgan fingerprint density at radius 3 is 2.65 bits per heavy atom. The minimum atomic E-state index is -0.397. The van der Waals surface area contributed by atoms with Gasteiger partial charge in [-0.1, -0.05) is 6.92 Å². The first kappa shape index (κ1) is 14.0. The summed E-state index contributed by atoms with van der Waals surface area (Å²) >= 11 is 0. The van der Waals surface area contributed by atoms with Crippen LogP contribution in [0.25, 0.3) is 0 Å². The van der Waals surface area contributed by atoms with Gasteiger partial charge in [-0.05, 0) is 32.1 Å². The number of hydrogen-bond donors (Lipinski definition) is 3. The molecule has 1 aliphatic rings. The molecule has 0 spiro atoms. The van der Waals surface area contributed by atoms with Crippen LogP contribution in [-0.2, 0) is 9.59 Å². The molecular formula is C12H23N3O2. The Balaban J connectivity index is 2.48. The predicted molar refractivity (Wildman–Crippen MR) is 65.9 cm³/mol. The summed E-state index contributed by atoms with van der Waals surface area (Å²) in [5.41, 5.74) is 11.0. The summed E-state index contributed by atoms with van der Waals surface area (Å²) in [6.45, 7) is 3.87. The van der Waals surface area contributed by atoms with E-state index in [1.807, 2.05) is 0 Å². The Morgan fingerprint density at radius 1 is 1.41 bits per heavy atom. The smallest absolute Gasteiger partial charge is 0.223 e. The van der Waals surface area contributed by atoms with Crippen molar-refractivity contribution in [3.63, 3.8) is 0 Å². The molecule has 0 saturated heterocycles. The third-order valence-corrected chi connectivity index (χ3v) is 3.47. The molecule has 0 bridgehead atoms. The maximum atomic E-state index is 12.0. The molecule has 0 aromatic carbocycles. The van der Waals surface area contributed by atoms with E-state index in [0.29, 0.717) is 5.92 Å². The van der Waals surface area contributed by atoms with Gasteiger partial charge in [0.25, 0.3) is 0 Å². The number of carbonyl (C=O) groups excluding carboxylic acids is 2. The molecular weight excluding hydrogens is 218 g/mol. The van der Waals surface area contributed by atoms with Crippen molar-refractivity contribution in [2.75, 3.05) is 0 Å². The van der Waals surface area contributed by atoms with Crippen molar-refractivity contribution in [1.29, 1.82) is 0 Å². The topological polar surface area (TPSA) is 98.2 Å². The minimum Gasteiger partial charge on any atom is -0.370 e. The van der Waals surface area contributed by atoms with Crippen LogP contribution < -0.4 is 16.8 Å². The summed E-state index contributed by atoms with van der Waals surface area (Å²) in [7, 11) is 0. The van der Waals surface area contributed by atoms with Gasteiger partial charge in [-0.3, -0.25) is 9.59 Å². The molecule has 0 aromatic rings. The molecule has 5 N–H and O–H groups in total. The normalized spacial score (nSPS) is 30.6. The van der Waals surface area contributed by atoms with Crippen molar-refractivity contribution in [3.8, 4) is 0 Å². The molecule has 4 atom stereocenters. The molecule has 98 valence electrons. The maximum absolute atomic E-state index is 12.0. The molecule has 0 aliphatic heterocycles. The summed E-state index contributed by atoms with van der Waals surface area (Å²) in [5.74, 6) is -0.0720. The van der Waals surface area contributed by atoms with E-state index in [9.17, 15) is 9.59 Å². The first-order chi connectivity index (χ1) is 7.90. The highest BCUT2D eigenvalue weighted by Gasteiger charge is 2.31. The monoisotopic (exact) mass is 241 g/mol. The maximum Gasteiger partial charge on any atom is 0.223 e. The molecule has 1 aliphatic carbocycles. The standard InChI is InChI=1S/C12H23N3O2/c1-7-3-4-9(13)6-10(7)12(17)15-8(2)5-11(14)16/h7-10H,3-6,13H2,1-2H3,(H2,14,16)(H,15,17). The van der Waals surface area contributed by atoms with Crippen molar-refractivity contribution in [2.24, 2.45) is 23.3 Å². The van der Waals surface area contributed by atoms with E-state index < -0.39 is 5.91 Å². The van der Waals surface area contributed by atoms with E-state index in [2.05, 4.69) is 12.2 Å². The molecule has 5 nitrogen and oxygen atoms in total. The largest absolute Gasteiger partial charge is 0.370 e. The van der Waals surface area contributed by atoms with Crippen LogP contribution in [-0.4, -0.2) is 23.9 Å². The fourth-order valence-electron chi connectivity index (χ4n) is 2.42. The van der Waals surface area contributed by atoms with Crippen molar-refractivity contribution in [1.82, 2.24) is 5.32 Å². The first-order valence-corrected chi connectivity index (χ1v) is 6.24. The third-order valence-electron chi connectivity index (χ3n) is 3.47. The van der Waals surface area contributed by atoms with Crippen LogP contribution in [0.2, 0.25) is 0 Å². The van der Waals surface area contributed by atoms with Gasteiger partial charge in [-0.15, -0.1) is 0 Å². The molecule has 17 heavy (non-hydrogen) atoms. The van der Waals surface area contributed by atoms with Crippen LogP contribution in [0.3, 0.4) is 0 Å². The predicted octanol–water partition coefficient (Wildman–Crippen LogP) is 0.130. The van der Waals surface area contributed by atoms with Crippen molar-refractivity contribution >= 4 is 11.8 Å². The van der Waals surface area contributed by atoms with Gasteiger partial charge >= 0.3 is 0 Å². The zero-order chi connectivity index (χ0) is 13.0. The highest BCUT2D eigenvalue weighted by molar-refractivity contribution is 5.81. The third kappa shape index (κ3) is 4.34. The average Bonchev–Trinajstić information content (AvgIpc) is 2.20. The van der Waals surface area contributed by atoms with Crippen LogP contribution in [0, 0.1) is 11.8 Å². The van der Waals surface area contributed by atoms with Gasteiger partial charge in [-0.2, -0.15) is 0 Å². The lowest BCUT2D eigenvalue weighted by atomic mass is 9.77. The summed E-state index contributed by atoms with van der Waals surface area (Å²) in [6.07, 6.45) is 2.89. The molecule has 5 heteroatoms. The Labute approximate surface area is 102 Å². The number of carbonyl (C=O) groups is 2. The number of hydrogen-bond acceptors (Lipinski definition) is 3. The highest BCUT2D eigenvalue weighted by Crippen LogP contribution is 2.29. The second-order valence-electron chi connectivity index (χ2n) is 5.24. The molecule has 0 heterocycles. The molecule has 1 fully saturated rings. The van der Waals surface area contributed by atoms with Gasteiger partial charge in [0.15, 0.2) is 0 Å². The molecule has 1 saturated carbocycles. The lowest BCUT2D eigenvalue weighted by molar-refractivity contribution is -0.128. The number of nitrogens with one attached hydrogen (secondary N) is 1. The summed E-state index contributed by atoms with van der Waals surface area (Å²) in [5, 5.41) is 2.84. The van der Waals surface area contributed by atoms with E-state index in [1.54, 1.807) is 6.92 Å². The van der Waals surface area contributed by atoms with Crippen LogP contribution in [0.4, 0.5) is 0 Å². The number of amides is 2. The Kier molecular flexibility index (Phi) is 4.93. The van der Waals surface area contributed by atoms with Gasteiger partial charge in [0, 0.05) is 24.4 Å². The van der Waals surface area contributed by atoms with E-state index in [1.165, 1.54) is 0 Å². The van der Waals surface area contributed by atoms with Crippen molar-refractivity contribution in [2.45, 2.75) is 51.6 Å². The highest BCUT2D eigenvalue weighted by atomic mass is 16.2. The molecule has 1 rings (SSSR count). The Bertz CT molecular complexity index is 293. The second kappa shape index (κ2) is 6.00. The minimum absolute atomic E-state index is 0.00130. The zero-order valence-electron chi connectivity index (χ0n) is 10.6. The lowest BCUT2D eigenvalue weighted by Crippen LogP contribution is -2.45. The number of nitrogens with two attached hydrogens (primary N) is 2. The molecule has 2 amide bonds. The van der Waals surface area contributed by atoms with Crippen molar-refractivity contribution < 1.29 is 9.59 Å². The fourth-order valence-corrected chi connectivity index (χ4v) is 2.42. The van der Waals surface area contributed by atoms with Crippen molar-refractivity contribution in [3.05, 3.63) is 0 Å². The van der Waals surface area contributed by atoms with Crippen LogP contribution in [0.1, 0.15) is 39.5 Å². The molecule has 0 radical (unpaired) electrons. The van der Waals surface area contributed by atoms with Crippen LogP contribution >= 0.6 is 0 Å². The zero-order valence-corrected chi connectivity index (χ0v) is 10.6. The summed E-state index contributed by atoms with van der Waals surface area (Å²) in [4.78, 5) is 22.8. The van der Waals surface area contributed by atoms with E-state index in [4.69, 9.17) is 11.5 Å². The summed E-state index contributed by atoms with van der Waals surface area (Å²) in [6, 6.07) is -0.0845. The Hall–Kier alpha value is -1.10. The van der Waals surface area contributed by atoms with E-state index in [0.717, 1.165) is 19.3 Å². The van der Waals surface area contributed by atoms with Gasteiger partial charge in [0.1, 0.15) is 0 Å². The van der Waals surface area contributed by atoms with E-state index in [-0.39, 0.29) is 30.3 Å². The van der Waals surface area contributed by atoms with Gasteiger partial charge in [-0.25, -0.2) is 0 Å². The fraction of sp³-hybridized carbons (Fsp3) is 0.833. The number of primary amides is 1. The van der Waals surface area contributed by atoms with Crippen LogP contribution in [0.5, 0.6) is 0 Å². The average molecular weight is 241 g/mol. The van der Waals surface area contributed by atoms with Gasteiger partial charge in [0.2, 0.25) is 11.8 Å². The lowest BCUT2D eigenvalue weighted by Gasteiger charge is -2.32. The van der Waals surface area contributed by atoms with Crippen LogP contribution in [0.15, 0.2) is 0 Å². The second-order valence-corrected chi connectivity index (χ2v) is 5.24. The Morgan fingerprint density at radius 2 is 2.06 bits per heavy atom. The summed E-state index contributed by atoms with van der Waals surface area (Å²) < 4.78 is 0. The molecule has 0 aromatic heterocycles. The number of rotatable bonds is 4. The first-order valence-electron chi connectivity index (χ1n) is 6.24. The van der Waals surface area contributed by atoms with Gasteiger partial charge < -0.3 is 16.8 Å². The van der Waals surface area contributed by atoms with E-state index >= 15 is 0 Å². The quantitative estimate of drug-likeness (QED) is 0.652. The molecule has 4 unspecified atom stereocenters. The van der Waals surface area contributed by atoms with Gasteiger partial charge in [0.05, 0.1) is 0 Å².